The van der Waals surface area contributed by atoms with Crippen molar-refractivity contribution in [1.82, 2.24) is 15.2 Å². The molecule has 0 radical (unpaired) electrons. The highest BCUT2D eigenvalue weighted by atomic mass is 32.1. The van der Waals surface area contributed by atoms with Crippen LogP contribution in [0.4, 0.5) is 0 Å². The van der Waals surface area contributed by atoms with Gasteiger partial charge in [-0.3, -0.25) is 4.98 Å². The third kappa shape index (κ3) is 4.03. The molecule has 0 aliphatic rings. The van der Waals surface area contributed by atoms with Crippen LogP contribution >= 0.6 is 12.2 Å². The molecule has 98 valence electrons. The second-order valence-electron chi connectivity index (χ2n) is 4.22. The number of aromatic nitrogens is 1. The highest BCUT2D eigenvalue weighted by Gasteiger charge is 2.10. The molecule has 1 N–H and O–H groups in total. The van der Waals surface area contributed by atoms with Crippen LogP contribution in [0.3, 0.4) is 0 Å². The molecular weight excluding hydrogens is 254 g/mol. The summed E-state index contributed by atoms with van der Waals surface area (Å²) < 4.78 is 0. The highest BCUT2D eigenvalue weighted by molar-refractivity contribution is 7.80. The van der Waals surface area contributed by atoms with E-state index in [1.54, 1.807) is 6.20 Å². The Morgan fingerprint density at radius 2 is 1.84 bits per heavy atom. The predicted molar refractivity (Wildman–Crippen MR) is 81.6 cm³/mol. The smallest absolute Gasteiger partial charge is 0.169 e. The Labute approximate surface area is 119 Å². The first-order valence-corrected chi connectivity index (χ1v) is 6.61. The summed E-state index contributed by atoms with van der Waals surface area (Å²) in [6.07, 6.45) is 1.80. The summed E-state index contributed by atoms with van der Waals surface area (Å²) in [4.78, 5) is 6.45. The standard InChI is InChI=1S/C15H17N3S/c1-16-15(19)18(11-13-7-3-2-4-8-13)12-14-9-5-6-10-17-14/h2-10H,11-12H2,1H3,(H,16,19). The fraction of sp³-hybridized carbons (Fsp3) is 0.200. The first-order valence-electron chi connectivity index (χ1n) is 6.20. The summed E-state index contributed by atoms with van der Waals surface area (Å²) in [6.45, 7) is 1.48. The van der Waals surface area contributed by atoms with Crippen LogP contribution in [0.5, 0.6) is 0 Å². The minimum atomic E-state index is 0.704. The Bertz CT molecular complexity index is 472. The highest BCUT2D eigenvalue weighted by Crippen LogP contribution is 2.08. The number of hydrogen-bond donors (Lipinski definition) is 1. The molecule has 0 saturated heterocycles. The van der Waals surface area contributed by atoms with Crippen LogP contribution in [-0.4, -0.2) is 22.0 Å². The van der Waals surface area contributed by atoms with Gasteiger partial charge in [0.25, 0.3) is 0 Å². The molecule has 19 heavy (non-hydrogen) atoms. The zero-order chi connectivity index (χ0) is 13.5. The molecule has 1 aromatic carbocycles. The molecule has 0 bridgehead atoms. The first-order chi connectivity index (χ1) is 9.29. The number of rotatable bonds is 4. The maximum absolute atomic E-state index is 5.36. The summed E-state index contributed by atoms with van der Waals surface area (Å²) in [5, 5.41) is 3.77. The molecule has 0 fully saturated rings. The van der Waals surface area contributed by atoms with Crippen LogP contribution in [0.25, 0.3) is 0 Å². The van der Waals surface area contributed by atoms with Gasteiger partial charge >= 0.3 is 0 Å². The number of thiocarbonyl (C=S) groups is 1. The molecule has 2 aromatic rings. The molecule has 1 aromatic heterocycles. The topological polar surface area (TPSA) is 28.2 Å². The maximum Gasteiger partial charge on any atom is 0.169 e. The van der Waals surface area contributed by atoms with Gasteiger partial charge in [-0.25, -0.2) is 0 Å². The van der Waals surface area contributed by atoms with Crippen molar-refractivity contribution in [1.29, 1.82) is 0 Å². The quantitative estimate of drug-likeness (QED) is 0.865. The number of hydrogen-bond acceptors (Lipinski definition) is 2. The van der Waals surface area contributed by atoms with Gasteiger partial charge in [0.2, 0.25) is 0 Å². The fourth-order valence-electron chi connectivity index (χ4n) is 1.85. The van der Waals surface area contributed by atoms with Crippen molar-refractivity contribution in [3.63, 3.8) is 0 Å². The van der Waals surface area contributed by atoms with Gasteiger partial charge in [-0.2, -0.15) is 0 Å². The van der Waals surface area contributed by atoms with E-state index >= 15 is 0 Å². The second kappa shape index (κ2) is 6.85. The molecule has 3 nitrogen and oxygen atoms in total. The lowest BCUT2D eigenvalue weighted by molar-refractivity contribution is 0.397. The third-order valence-electron chi connectivity index (χ3n) is 2.80. The molecule has 4 heteroatoms. The zero-order valence-corrected chi connectivity index (χ0v) is 11.7. The maximum atomic E-state index is 5.36. The van der Waals surface area contributed by atoms with Gasteiger partial charge in [-0.1, -0.05) is 36.4 Å². The van der Waals surface area contributed by atoms with Crippen molar-refractivity contribution in [2.45, 2.75) is 13.1 Å². The average molecular weight is 271 g/mol. The summed E-state index contributed by atoms with van der Waals surface area (Å²) in [6, 6.07) is 16.2. The molecule has 0 unspecified atom stereocenters. The van der Waals surface area contributed by atoms with E-state index in [0.717, 1.165) is 17.4 Å². The van der Waals surface area contributed by atoms with Crippen LogP contribution in [0.15, 0.2) is 54.7 Å². The van der Waals surface area contributed by atoms with Crippen molar-refractivity contribution in [2.75, 3.05) is 7.05 Å². The van der Waals surface area contributed by atoms with Crippen molar-refractivity contribution in [2.24, 2.45) is 0 Å². The van der Waals surface area contributed by atoms with E-state index in [9.17, 15) is 0 Å². The molecule has 0 saturated carbocycles. The molecule has 1 heterocycles. The van der Waals surface area contributed by atoms with Crippen LogP contribution in [0, 0.1) is 0 Å². The summed E-state index contributed by atoms with van der Waals surface area (Å²) in [7, 11) is 1.85. The van der Waals surface area contributed by atoms with Gasteiger partial charge in [0, 0.05) is 19.8 Å². The number of nitrogens with zero attached hydrogens (tertiary/aromatic N) is 2. The molecule has 0 amide bonds. The van der Waals surface area contributed by atoms with Gasteiger partial charge in [-0.15, -0.1) is 0 Å². The third-order valence-corrected chi connectivity index (χ3v) is 3.26. The molecular formula is C15H17N3S. The van der Waals surface area contributed by atoms with Gasteiger partial charge < -0.3 is 10.2 Å². The van der Waals surface area contributed by atoms with Crippen molar-refractivity contribution in [3.05, 3.63) is 66.0 Å². The normalized spacial score (nSPS) is 9.95. The Hall–Kier alpha value is -1.94. The first kappa shape index (κ1) is 13.5. The van der Waals surface area contributed by atoms with Crippen molar-refractivity contribution in [3.8, 4) is 0 Å². The van der Waals surface area contributed by atoms with E-state index in [1.165, 1.54) is 5.56 Å². The second-order valence-corrected chi connectivity index (χ2v) is 4.60. The molecule has 2 rings (SSSR count). The van der Waals surface area contributed by atoms with Gasteiger partial charge in [0.1, 0.15) is 0 Å². The largest absolute Gasteiger partial charge is 0.366 e. The van der Waals surface area contributed by atoms with E-state index in [2.05, 4.69) is 27.3 Å². The van der Waals surface area contributed by atoms with Crippen molar-refractivity contribution < 1.29 is 0 Å². The van der Waals surface area contributed by atoms with Gasteiger partial charge in [0.05, 0.1) is 12.2 Å². The lowest BCUT2D eigenvalue weighted by atomic mass is 10.2. The lowest BCUT2D eigenvalue weighted by Gasteiger charge is -2.24. The monoisotopic (exact) mass is 271 g/mol. The van der Waals surface area contributed by atoms with Gasteiger partial charge in [0.15, 0.2) is 5.11 Å². The minimum absolute atomic E-state index is 0.704. The van der Waals surface area contributed by atoms with E-state index in [0.29, 0.717) is 6.54 Å². The molecule has 0 spiro atoms. The lowest BCUT2D eigenvalue weighted by Crippen LogP contribution is -2.37. The zero-order valence-electron chi connectivity index (χ0n) is 10.9. The minimum Gasteiger partial charge on any atom is -0.366 e. The van der Waals surface area contributed by atoms with E-state index in [4.69, 9.17) is 12.2 Å². The predicted octanol–water partition coefficient (Wildman–Crippen LogP) is 2.59. The molecule has 0 aliphatic carbocycles. The van der Waals surface area contributed by atoms with E-state index in [1.807, 2.05) is 43.4 Å². The van der Waals surface area contributed by atoms with Crippen LogP contribution in [0.2, 0.25) is 0 Å². The Morgan fingerprint density at radius 1 is 1.11 bits per heavy atom. The molecule has 0 atom stereocenters. The average Bonchev–Trinajstić information content (AvgIpc) is 2.48. The van der Waals surface area contributed by atoms with E-state index in [-0.39, 0.29) is 0 Å². The van der Waals surface area contributed by atoms with E-state index < -0.39 is 0 Å². The number of pyridine rings is 1. The van der Waals surface area contributed by atoms with Crippen molar-refractivity contribution >= 4 is 17.3 Å². The fourth-order valence-corrected chi connectivity index (χ4v) is 1.98. The van der Waals surface area contributed by atoms with Crippen LogP contribution in [0.1, 0.15) is 11.3 Å². The number of nitrogens with one attached hydrogen (secondary N) is 1. The van der Waals surface area contributed by atoms with Crippen LogP contribution in [-0.2, 0) is 13.1 Å². The van der Waals surface area contributed by atoms with Gasteiger partial charge in [-0.05, 0) is 29.9 Å². The number of benzene rings is 1. The Kier molecular flexibility index (Phi) is 4.86. The Morgan fingerprint density at radius 3 is 2.47 bits per heavy atom. The summed E-state index contributed by atoms with van der Waals surface area (Å²) in [5.74, 6) is 0. The summed E-state index contributed by atoms with van der Waals surface area (Å²) >= 11 is 5.36. The van der Waals surface area contributed by atoms with Crippen LogP contribution < -0.4 is 5.32 Å². The summed E-state index contributed by atoms with van der Waals surface area (Å²) in [5.41, 5.74) is 2.24. The SMILES string of the molecule is CNC(=S)N(Cc1ccccc1)Cc1ccccn1. The molecule has 0 aliphatic heterocycles. The Balaban J connectivity index is 2.10.